The predicted molar refractivity (Wildman–Crippen MR) is 110 cm³/mol. The zero-order valence-electron chi connectivity index (χ0n) is 16.8. The van der Waals surface area contributed by atoms with Crippen LogP contribution >= 0.6 is 0 Å². The van der Waals surface area contributed by atoms with Crippen LogP contribution in [-0.2, 0) is 0 Å². The number of benzene rings is 1. The molecule has 0 aliphatic rings. The second-order valence-electron chi connectivity index (χ2n) is 6.85. The maximum atomic E-state index is 12.7. The maximum Gasteiger partial charge on any atom is 0.274 e. The number of aromatic amines is 2. The topological polar surface area (TPSA) is 119 Å². The van der Waals surface area contributed by atoms with Crippen molar-refractivity contribution in [3.8, 4) is 11.5 Å². The van der Waals surface area contributed by atoms with E-state index in [-0.39, 0.29) is 5.69 Å². The smallest absolute Gasteiger partial charge is 0.274 e. The molecule has 3 aromatic rings. The number of ether oxygens (including phenoxy) is 2. The summed E-state index contributed by atoms with van der Waals surface area (Å²) in [5.74, 6) is 1.63. The van der Waals surface area contributed by atoms with Gasteiger partial charge in [-0.1, -0.05) is 18.8 Å². The standard InChI is InChI=1S/C20H23N5O4/c1-11(2)9-21-17-13-8-14(20(27)25-18(13)23-10-22-17)24-19(26)12-5-6-15(28-3)16(7-12)29-4/h5-8,10-11H,9H2,1-4H3,(H,24,26)(H2,21,22,23,25,27)/p+1. The molecule has 29 heavy (non-hydrogen) atoms. The van der Waals surface area contributed by atoms with E-state index in [4.69, 9.17) is 9.47 Å². The molecule has 4 N–H and O–H groups in total. The number of rotatable bonds is 7. The third kappa shape index (κ3) is 4.45. The largest absolute Gasteiger partial charge is 0.493 e. The zero-order valence-corrected chi connectivity index (χ0v) is 16.8. The van der Waals surface area contributed by atoms with Gasteiger partial charge in [-0.15, -0.1) is 0 Å². The van der Waals surface area contributed by atoms with Crippen molar-refractivity contribution in [1.29, 1.82) is 0 Å². The Morgan fingerprint density at radius 2 is 1.97 bits per heavy atom. The normalized spacial score (nSPS) is 10.8. The summed E-state index contributed by atoms with van der Waals surface area (Å²) in [6, 6.07) is 6.37. The van der Waals surface area contributed by atoms with E-state index in [9.17, 15) is 9.59 Å². The average Bonchev–Trinajstić information content (AvgIpc) is 2.72. The predicted octanol–water partition coefficient (Wildman–Crippen LogP) is 2.07. The van der Waals surface area contributed by atoms with Crippen LogP contribution in [0.4, 0.5) is 11.5 Å². The van der Waals surface area contributed by atoms with E-state index < -0.39 is 11.5 Å². The van der Waals surface area contributed by atoms with Crippen LogP contribution in [0.3, 0.4) is 0 Å². The molecule has 9 nitrogen and oxygen atoms in total. The van der Waals surface area contributed by atoms with Crippen LogP contribution in [-0.4, -0.2) is 36.6 Å². The quantitative estimate of drug-likeness (QED) is 0.561. The van der Waals surface area contributed by atoms with E-state index in [2.05, 4.69) is 39.4 Å². The fourth-order valence-corrected chi connectivity index (χ4v) is 2.77. The molecule has 0 aliphatic heterocycles. The number of fused-ring (bicyclic) bond motifs is 1. The maximum absolute atomic E-state index is 12.7. The molecule has 2 aromatic heterocycles. The minimum atomic E-state index is -0.445. The van der Waals surface area contributed by atoms with Crippen molar-refractivity contribution in [2.24, 2.45) is 5.92 Å². The van der Waals surface area contributed by atoms with Gasteiger partial charge in [0.1, 0.15) is 11.1 Å². The molecule has 2 heterocycles. The molecule has 0 unspecified atom stereocenters. The number of nitrogens with one attached hydrogen (secondary N) is 4. The van der Waals surface area contributed by atoms with Gasteiger partial charge in [-0.2, -0.15) is 0 Å². The summed E-state index contributed by atoms with van der Waals surface area (Å²) in [5, 5.41) is 6.60. The number of aromatic nitrogens is 3. The number of methoxy groups -OCH3 is 2. The summed E-state index contributed by atoms with van der Waals surface area (Å²) in [7, 11) is 3.00. The van der Waals surface area contributed by atoms with Gasteiger partial charge in [0, 0.05) is 5.56 Å². The second kappa shape index (κ2) is 8.59. The molecular weight excluding hydrogens is 374 g/mol. The fourth-order valence-electron chi connectivity index (χ4n) is 2.77. The molecular formula is C20H24N5O4+. The molecule has 0 saturated heterocycles. The van der Waals surface area contributed by atoms with Gasteiger partial charge in [0.2, 0.25) is 17.8 Å². The first kappa shape index (κ1) is 20.1. The summed E-state index contributed by atoms with van der Waals surface area (Å²) in [6.45, 7) is 4.92. The van der Waals surface area contributed by atoms with E-state index in [0.717, 1.165) is 6.54 Å². The van der Waals surface area contributed by atoms with Gasteiger partial charge in [0.15, 0.2) is 11.5 Å². The number of hydrogen-bond donors (Lipinski definition) is 3. The van der Waals surface area contributed by atoms with Crippen LogP contribution in [0.25, 0.3) is 11.0 Å². The van der Waals surface area contributed by atoms with Crippen molar-refractivity contribution in [3.05, 3.63) is 46.5 Å². The lowest BCUT2D eigenvalue weighted by molar-refractivity contribution is -0.364. The molecule has 0 spiro atoms. The van der Waals surface area contributed by atoms with Crippen LogP contribution in [0.5, 0.6) is 11.5 Å². The molecule has 152 valence electrons. The van der Waals surface area contributed by atoms with Gasteiger partial charge >= 0.3 is 0 Å². The monoisotopic (exact) mass is 398 g/mol. The Bertz CT molecular complexity index is 1090. The van der Waals surface area contributed by atoms with E-state index in [0.29, 0.717) is 39.8 Å². The molecule has 0 aliphatic carbocycles. The Balaban J connectivity index is 1.93. The molecule has 1 amide bonds. The number of H-pyrrole nitrogens is 2. The highest BCUT2D eigenvalue weighted by atomic mass is 16.5. The Kier molecular flexibility index (Phi) is 5.96. The summed E-state index contributed by atoms with van der Waals surface area (Å²) >= 11 is 0. The van der Waals surface area contributed by atoms with E-state index in [1.54, 1.807) is 24.3 Å². The van der Waals surface area contributed by atoms with Crippen LogP contribution in [0.15, 0.2) is 35.4 Å². The van der Waals surface area contributed by atoms with Crippen LogP contribution in [0, 0.1) is 5.92 Å². The minimum absolute atomic E-state index is 0.117. The van der Waals surface area contributed by atoms with Gasteiger partial charge in [-0.05, 0) is 30.2 Å². The number of pyridine rings is 1. The highest BCUT2D eigenvalue weighted by Crippen LogP contribution is 2.28. The first-order chi connectivity index (χ1) is 13.9. The lowest BCUT2D eigenvalue weighted by atomic mass is 10.1. The molecule has 1 aromatic carbocycles. The van der Waals surface area contributed by atoms with Gasteiger partial charge in [0.05, 0.1) is 20.8 Å². The lowest BCUT2D eigenvalue weighted by Gasteiger charge is -2.10. The molecule has 0 fully saturated rings. The molecule has 0 atom stereocenters. The first-order valence-corrected chi connectivity index (χ1v) is 9.14. The van der Waals surface area contributed by atoms with Crippen LogP contribution in [0.2, 0.25) is 0 Å². The number of carbonyl (C=O) groups excluding carboxylic acids is 1. The highest BCUT2D eigenvalue weighted by Gasteiger charge is 2.16. The van der Waals surface area contributed by atoms with Gasteiger partial charge < -0.3 is 20.1 Å². The van der Waals surface area contributed by atoms with Gasteiger partial charge in [-0.25, -0.2) is 4.98 Å². The van der Waals surface area contributed by atoms with E-state index >= 15 is 0 Å². The van der Waals surface area contributed by atoms with Crippen LogP contribution in [0.1, 0.15) is 24.2 Å². The molecule has 3 rings (SSSR count). The third-order valence-electron chi connectivity index (χ3n) is 4.27. The van der Waals surface area contributed by atoms with Gasteiger partial charge in [0.25, 0.3) is 11.5 Å². The zero-order chi connectivity index (χ0) is 21.0. The van der Waals surface area contributed by atoms with Crippen molar-refractivity contribution < 1.29 is 19.3 Å². The third-order valence-corrected chi connectivity index (χ3v) is 4.27. The van der Waals surface area contributed by atoms with E-state index in [1.165, 1.54) is 20.5 Å². The number of anilines is 2. The van der Waals surface area contributed by atoms with Crippen LogP contribution < -0.4 is 30.7 Å². The molecule has 9 heteroatoms. The fraction of sp³-hybridized carbons (Fsp3) is 0.300. The minimum Gasteiger partial charge on any atom is -0.493 e. The molecule has 0 radical (unpaired) electrons. The SMILES string of the molecule is COc1ccc(C(=O)Nc2cc3c(NCC(C)C)[nH+]cnc3[nH]c2=O)cc1OC. The van der Waals surface area contributed by atoms with E-state index in [1.807, 2.05) is 0 Å². The average molecular weight is 398 g/mol. The Labute approximate surface area is 167 Å². The summed E-state index contributed by atoms with van der Waals surface area (Å²) < 4.78 is 10.4. The summed E-state index contributed by atoms with van der Waals surface area (Å²) in [4.78, 5) is 35.0. The molecule has 0 bridgehead atoms. The Morgan fingerprint density at radius 1 is 1.21 bits per heavy atom. The van der Waals surface area contributed by atoms with Crippen molar-refractivity contribution in [3.63, 3.8) is 0 Å². The lowest BCUT2D eigenvalue weighted by Crippen LogP contribution is -2.22. The number of hydrogen-bond acceptors (Lipinski definition) is 6. The second-order valence-corrected chi connectivity index (χ2v) is 6.85. The Morgan fingerprint density at radius 3 is 2.66 bits per heavy atom. The number of amides is 1. The summed E-state index contributed by atoms with van der Waals surface area (Å²) in [5.41, 5.74) is 0.424. The summed E-state index contributed by atoms with van der Waals surface area (Å²) in [6.07, 6.45) is 1.50. The van der Waals surface area contributed by atoms with Crippen molar-refractivity contribution in [2.45, 2.75) is 13.8 Å². The van der Waals surface area contributed by atoms with Gasteiger partial charge in [-0.3, -0.25) is 14.6 Å². The number of carbonyl (C=O) groups is 1. The highest BCUT2D eigenvalue weighted by molar-refractivity contribution is 6.05. The Hall–Kier alpha value is -3.62. The van der Waals surface area contributed by atoms with Crippen molar-refractivity contribution in [1.82, 2.24) is 9.97 Å². The van der Waals surface area contributed by atoms with Crippen molar-refractivity contribution >= 4 is 28.4 Å². The number of nitrogens with zero attached hydrogens (tertiary/aromatic N) is 1. The molecule has 0 saturated carbocycles. The van der Waals surface area contributed by atoms with Crippen molar-refractivity contribution in [2.75, 3.05) is 31.4 Å². The first-order valence-electron chi connectivity index (χ1n) is 9.14.